The van der Waals surface area contributed by atoms with Gasteiger partial charge < -0.3 is 14.2 Å². The molecule has 1 atom stereocenters. The van der Waals surface area contributed by atoms with E-state index in [2.05, 4.69) is 118 Å². The maximum absolute atomic E-state index is 12.9. The van der Waals surface area contributed by atoms with Crippen molar-refractivity contribution in [1.29, 1.82) is 0 Å². The maximum atomic E-state index is 12.9. The Morgan fingerprint density at radius 1 is 0.259 bits per heavy atom. The Morgan fingerprint density at radius 2 is 0.481 bits per heavy atom. The highest BCUT2D eigenvalue weighted by molar-refractivity contribution is 5.71. The first-order valence-corrected chi connectivity index (χ1v) is 34.7. The predicted octanol–water partition coefficient (Wildman–Crippen LogP) is 24.0. The molecule has 0 bridgehead atoms. The first-order valence-electron chi connectivity index (χ1n) is 34.7. The van der Waals surface area contributed by atoms with Crippen LogP contribution in [0.1, 0.15) is 342 Å². The Bertz CT molecular complexity index is 1580. The average molecular weight is 1130 g/mol. The third-order valence-electron chi connectivity index (χ3n) is 15.0. The second-order valence-electron chi connectivity index (χ2n) is 23.1. The average Bonchev–Trinajstić information content (AvgIpc) is 3.47. The molecule has 0 rings (SSSR count). The van der Waals surface area contributed by atoms with Crippen LogP contribution in [0.3, 0.4) is 0 Å². The van der Waals surface area contributed by atoms with Gasteiger partial charge in [0.1, 0.15) is 13.2 Å². The molecule has 6 heteroatoms. The lowest BCUT2D eigenvalue weighted by molar-refractivity contribution is -0.167. The van der Waals surface area contributed by atoms with Crippen LogP contribution in [0.25, 0.3) is 0 Å². The Kier molecular flexibility index (Phi) is 65.7. The van der Waals surface area contributed by atoms with Crippen LogP contribution in [-0.4, -0.2) is 37.2 Å². The van der Waals surface area contributed by atoms with Crippen molar-refractivity contribution in [3.63, 3.8) is 0 Å². The topological polar surface area (TPSA) is 78.9 Å². The second kappa shape index (κ2) is 68.8. The van der Waals surface area contributed by atoms with Crippen molar-refractivity contribution in [3.8, 4) is 0 Å². The largest absolute Gasteiger partial charge is 0.462 e. The minimum absolute atomic E-state index is 0.0867. The van der Waals surface area contributed by atoms with Gasteiger partial charge in [-0.05, 0) is 122 Å². The molecule has 0 aromatic heterocycles. The summed E-state index contributed by atoms with van der Waals surface area (Å²) in [6.45, 7) is 6.52. The van der Waals surface area contributed by atoms with Gasteiger partial charge in [-0.15, -0.1) is 0 Å². The summed E-state index contributed by atoms with van der Waals surface area (Å²) in [7, 11) is 0. The number of hydrogen-bond acceptors (Lipinski definition) is 6. The fourth-order valence-electron chi connectivity index (χ4n) is 9.85. The Labute approximate surface area is 502 Å². The number of carbonyl (C=O) groups excluding carboxylic acids is 3. The van der Waals surface area contributed by atoms with E-state index >= 15 is 0 Å². The summed E-state index contributed by atoms with van der Waals surface area (Å²) in [5, 5.41) is 0. The van der Waals surface area contributed by atoms with Crippen LogP contribution in [0, 0.1) is 0 Å². The fourth-order valence-corrected chi connectivity index (χ4v) is 9.85. The molecule has 0 N–H and O–H groups in total. The van der Waals surface area contributed by atoms with Crippen LogP contribution >= 0.6 is 0 Å². The van der Waals surface area contributed by atoms with Gasteiger partial charge in [-0.25, -0.2) is 0 Å². The lowest BCUT2D eigenvalue weighted by atomic mass is 10.0. The minimum atomic E-state index is -0.794. The van der Waals surface area contributed by atoms with Crippen LogP contribution in [0.2, 0.25) is 0 Å². The minimum Gasteiger partial charge on any atom is -0.462 e. The summed E-state index contributed by atoms with van der Waals surface area (Å²) >= 11 is 0. The SMILES string of the molecule is CC/C=C\C/C=C\C/C=C\C/C=C\CCCCCCCCC(=O)OC(COC(=O)CCCCCCCC/C=C\C/C=C\C/C=C\CCCCC)COC(=O)CCCCCCCCCCCCCCC/C=C\CCCCCCCCCC. The first-order chi connectivity index (χ1) is 40.0. The summed E-state index contributed by atoms with van der Waals surface area (Å²) in [6.07, 6.45) is 92.8. The van der Waals surface area contributed by atoms with Crippen molar-refractivity contribution in [2.45, 2.75) is 348 Å². The normalized spacial score (nSPS) is 12.7. The standard InChI is InChI=1S/C75H130O6/c1-4-7-10-13-16-19-22-25-28-31-34-35-36-37-38-39-42-44-47-50-53-56-59-62-65-68-74(77)80-71-72(81-75(78)69-66-63-60-57-54-51-48-45-41-33-30-27-24-21-18-15-12-9-6-3)70-79-73(76)67-64-61-58-55-52-49-46-43-40-32-29-26-23-20-17-14-11-8-5-2/h9,12,17-18,20-21,26-27,29-31,34,40-41,43,45,72H,4-8,10-11,13-16,19,22-25,28,32-33,35-39,42,44,46-71H2,1-3H3/b12-9-,20-17-,21-18-,29-26-,30-27-,34-31-,43-40-,45-41-. The zero-order valence-electron chi connectivity index (χ0n) is 53.5. The summed E-state index contributed by atoms with van der Waals surface area (Å²) in [6, 6.07) is 0. The molecule has 0 saturated carbocycles. The summed E-state index contributed by atoms with van der Waals surface area (Å²) in [5.74, 6) is -0.900. The van der Waals surface area contributed by atoms with Crippen molar-refractivity contribution >= 4 is 17.9 Å². The van der Waals surface area contributed by atoms with Crippen LogP contribution in [0.4, 0.5) is 0 Å². The molecular formula is C75H130O6. The highest BCUT2D eigenvalue weighted by Gasteiger charge is 2.19. The number of rotatable bonds is 63. The van der Waals surface area contributed by atoms with Crippen LogP contribution in [0.15, 0.2) is 97.2 Å². The third kappa shape index (κ3) is 67.0. The summed E-state index contributed by atoms with van der Waals surface area (Å²) in [5.41, 5.74) is 0. The second-order valence-corrected chi connectivity index (χ2v) is 23.1. The predicted molar refractivity (Wildman–Crippen MR) is 353 cm³/mol. The monoisotopic (exact) mass is 1130 g/mol. The van der Waals surface area contributed by atoms with Gasteiger partial charge in [0, 0.05) is 19.3 Å². The first kappa shape index (κ1) is 77.3. The number of allylic oxidation sites excluding steroid dienone is 16. The Balaban J connectivity index is 4.38. The quantitative estimate of drug-likeness (QED) is 0.0261. The van der Waals surface area contributed by atoms with Crippen molar-refractivity contribution in [2.75, 3.05) is 13.2 Å². The molecule has 0 amide bonds. The van der Waals surface area contributed by atoms with Gasteiger partial charge in [0.2, 0.25) is 0 Å². The Hall–Kier alpha value is -3.67. The van der Waals surface area contributed by atoms with E-state index in [4.69, 9.17) is 14.2 Å². The number of unbranched alkanes of at least 4 members (excludes halogenated alkanes) is 36. The molecule has 6 nitrogen and oxygen atoms in total. The van der Waals surface area contributed by atoms with Gasteiger partial charge in [-0.1, -0.05) is 298 Å². The highest BCUT2D eigenvalue weighted by Crippen LogP contribution is 2.17. The van der Waals surface area contributed by atoms with E-state index in [-0.39, 0.29) is 31.1 Å². The van der Waals surface area contributed by atoms with E-state index in [0.29, 0.717) is 19.3 Å². The van der Waals surface area contributed by atoms with E-state index in [1.54, 1.807) is 0 Å². The number of carbonyl (C=O) groups is 3. The molecule has 0 aromatic rings. The van der Waals surface area contributed by atoms with Crippen molar-refractivity contribution in [1.82, 2.24) is 0 Å². The molecule has 81 heavy (non-hydrogen) atoms. The molecule has 0 aliphatic carbocycles. The van der Waals surface area contributed by atoms with Gasteiger partial charge in [0.25, 0.3) is 0 Å². The molecule has 466 valence electrons. The molecule has 1 unspecified atom stereocenters. The van der Waals surface area contributed by atoms with E-state index in [0.717, 1.165) is 116 Å². The summed E-state index contributed by atoms with van der Waals surface area (Å²) < 4.78 is 17.0. The third-order valence-corrected chi connectivity index (χ3v) is 15.0. The van der Waals surface area contributed by atoms with Crippen LogP contribution in [-0.2, 0) is 28.6 Å². The zero-order valence-corrected chi connectivity index (χ0v) is 53.5. The van der Waals surface area contributed by atoms with Gasteiger partial charge in [-0.2, -0.15) is 0 Å². The molecule has 0 saturated heterocycles. The van der Waals surface area contributed by atoms with E-state index < -0.39 is 6.10 Å². The van der Waals surface area contributed by atoms with E-state index in [9.17, 15) is 14.4 Å². The number of esters is 3. The summed E-state index contributed by atoms with van der Waals surface area (Å²) in [4.78, 5) is 38.5. The van der Waals surface area contributed by atoms with E-state index in [1.807, 2.05) is 0 Å². The van der Waals surface area contributed by atoms with Gasteiger partial charge in [-0.3, -0.25) is 14.4 Å². The van der Waals surface area contributed by atoms with Gasteiger partial charge in [0.15, 0.2) is 6.10 Å². The molecule has 0 fully saturated rings. The van der Waals surface area contributed by atoms with Crippen LogP contribution in [0.5, 0.6) is 0 Å². The molecule has 0 spiro atoms. The number of ether oxygens (including phenoxy) is 3. The molecule has 0 aromatic carbocycles. The van der Waals surface area contributed by atoms with Crippen molar-refractivity contribution in [2.24, 2.45) is 0 Å². The Morgan fingerprint density at radius 3 is 0.790 bits per heavy atom. The van der Waals surface area contributed by atoms with Crippen molar-refractivity contribution < 1.29 is 28.6 Å². The molecule has 0 heterocycles. The molecule has 0 aliphatic heterocycles. The van der Waals surface area contributed by atoms with Crippen molar-refractivity contribution in [3.05, 3.63) is 97.2 Å². The highest BCUT2D eigenvalue weighted by atomic mass is 16.6. The lowest BCUT2D eigenvalue weighted by Crippen LogP contribution is -2.30. The van der Waals surface area contributed by atoms with Gasteiger partial charge >= 0.3 is 17.9 Å². The maximum Gasteiger partial charge on any atom is 0.306 e. The molecule has 0 aliphatic rings. The molecule has 0 radical (unpaired) electrons. The fraction of sp³-hybridized carbons (Fsp3) is 0.747. The van der Waals surface area contributed by atoms with E-state index in [1.165, 1.54) is 186 Å². The zero-order chi connectivity index (χ0) is 58.5. The van der Waals surface area contributed by atoms with Crippen LogP contribution < -0.4 is 0 Å². The lowest BCUT2D eigenvalue weighted by Gasteiger charge is -2.18. The van der Waals surface area contributed by atoms with Gasteiger partial charge in [0.05, 0.1) is 0 Å². The molecular weight excluding hydrogens is 997 g/mol. The smallest absolute Gasteiger partial charge is 0.306 e. The number of hydrogen-bond donors (Lipinski definition) is 0.